The van der Waals surface area contributed by atoms with Crippen LogP contribution in [0.2, 0.25) is 0 Å². The molecule has 0 aliphatic carbocycles. The number of ether oxygens (including phenoxy) is 1. The summed E-state index contributed by atoms with van der Waals surface area (Å²) in [7, 11) is 0. The molecule has 0 unspecified atom stereocenters. The Morgan fingerprint density at radius 2 is 1.79 bits per heavy atom. The van der Waals surface area contributed by atoms with E-state index in [0.717, 1.165) is 27.1 Å². The van der Waals surface area contributed by atoms with Crippen LogP contribution in [0.3, 0.4) is 0 Å². The summed E-state index contributed by atoms with van der Waals surface area (Å²) in [5, 5.41) is 2.97. The lowest BCUT2D eigenvalue weighted by atomic mass is 10.2. The van der Waals surface area contributed by atoms with Gasteiger partial charge in [0.15, 0.2) is 0 Å². The Hall–Kier alpha value is -3.12. The van der Waals surface area contributed by atoms with Gasteiger partial charge in [-0.1, -0.05) is 52.3 Å². The van der Waals surface area contributed by atoms with Gasteiger partial charge in [0.1, 0.15) is 18.2 Å². The van der Waals surface area contributed by atoms with Gasteiger partial charge in [-0.3, -0.25) is 4.79 Å². The van der Waals surface area contributed by atoms with Crippen LogP contribution in [-0.2, 0) is 13.1 Å². The molecule has 5 nitrogen and oxygen atoms in total. The molecule has 1 amide bonds. The quantitative estimate of drug-likeness (QED) is 0.440. The van der Waals surface area contributed by atoms with Crippen LogP contribution >= 0.6 is 15.9 Å². The lowest BCUT2D eigenvalue weighted by Crippen LogP contribution is -2.25. The van der Waals surface area contributed by atoms with Crippen LogP contribution in [0.5, 0.6) is 5.75 Å². The fourth-order valence-corrected chi connectivity index (χ4v) is 3.57. The Morgan fingerprint density at radius 1 is 1.00 bits per heavy atom. The number of amides is 1. The smallest absolute Gasteiger partial charge is 0.251 e. The second-order valence-corrected chi connectivity index (χ2v) is 7.44. The molecule has 0 aliphatic rings. The lowest BCUT2D eigenvalue weighted by molar-refractivity contribution is 0.0949. The number of carbonyl (C=O) groups excluding carboxylic acids is 1. The minimum atomic E-state index is -0.134. The molecule has 0 bridgehead atoms. The second kappa shape index (κ2) is 8.92. The fourth-order valence-electron chi connectivity index (χ4n) is 3.17. The number of aromatic nitrogens is 2. The van der Waals surface area contributed by atoms with Crippen LogP contribution in [0.4, 0.5) is 0 Å². The van der Waals surface area contributed by atoms with E-state index in [1.54, 1.807) is 12.1 Å². The Kier molecular flexibility index (Phi) is 5.91. The number of rotatable bonds is 7. The summed E-state index contributed by atoms with van der Waals surface area (Å²) < 4.78 is 8.82. The van der Waals surface area contributed by atoms with Crippen molar-refractivity contribution in [3.8, 4) is 5.75 Å². The predicted octanol–water partition coefficient (Wildman–Crippen LogP) is 4.81. The summed E-state index contributed by atoms with van der Waals surface area (Å²) in [6.45, 7) is 1.49. The Labute approximate surface area is 177 Å². The summed E-state index contributed by atoms with van der Waals surface area (Å²) >= 11 is 3.40. The monoisotopic (exact) mass is 449 g/mol. The first-order chi connectivity index (χ1) is 14.2. The van der Waals surface area contributed by atoms with Crippen LogP contribution in [0.25, 0.3) is 11.0 Å². The molecule has 146 valence electrons. The van der Waals surface area contributed by atoms with Crippen LogP contribution < -0.4 is 10.1 Å². The predicted molar refractivity (Wildman–Crippen MR) is 117 cm³/mol. The Bertz CT molecular complexity index is 1130. The SMILES string of the molecule is O=C(NCc1nc2ccccc2n1CCOc1ccccc1)c1cccc(Br)c1. The third kappa shape index (κ3) is 4.66. The van der Waals surface area contributed by atoms with Gasteiger partial charge < -0.3 is 14.6 Å². The van der Waals surface area contributed by atoms with Gasteiger partial charge in [-0.2, -0.15) is 0 Å². The molecule has 6 heteroatoms. The Balaban J connectivity index is 1.49. The van der Waals surface area contributed by atoms with Crippen molar-refractivity contribution < 1.29 is 9.53 Å². The summed E-state index contributed by atoms with van der Waals surface area (Å²) in [5.41, 5.74) is 2.53. The van der Waals surface area contributed by atoms with Crippen LogP contribution in [0, 0.1) is 0 Å². The molecule has 0 aliphatic heterocycles. The minimum absolute atomic E-state index is 0.134. The largest absolute Gasteiger partial charge is 0.492 e. The maximum Gasteiger partial charge on any atom is 0.251 e. The first-order valence-corrected chi connectivity index (χ1v) is 10.2. The molecule has 3 aromatic carbocycles. The lowest BCUT2D eigenvalue weighted by Gasteiger charge is -2.11. The number of halogens is 1. The van der Waals surface area contributed by atoms with Crippen molar-refractivity contribution in [2.24, 2.45) is 0 Å². The minimum Gasteiger partial charge on any atom is -0.492 e. The summed E-state index contributed by atoms with van der Waals surface area (Å²) in [6, 6.07) is 25.0. The molecule has 0 spiro atoms. The molecule has 0 saturated heterocycles. The number of fused-ring (bicyclic) bond motifs is 1. The zero-order valence-electron chi connectivity index (χ0n) is 15.7. The molecule has 1 N–H and O–H groups in total. The van der Waals surface area contributed by atoms with Gasteiger partial charge in [0.25, 0.3) is 5.91 Å². The van der Waals surface area contributed by atoms with Crippen LogP contribution in [-0.4, -0.2) is 22.1 Å². The highest BCUT2D eigenvalue weighted by molar-refractivity contribution is 9.10. The van der Waals surface area contributed by atoms with Gasteiger partial charge in [0, 0.05) is 10.0 Å². The van der Waals surface area contributed by atoms with E-state index in [-0.39, 0.29) is 5.91 Å². The van der Waals surface area contributed by atoms with Crippen molar-refractivity contribution in [3.63, 3.8) is 0 Å². The molecule has 4 rings (SSSR count). The molecular formula is C23H20BrN3O2. The van der Waals surface area contributed by atoms with Gasteiger partial charge in [-0.25, -0.2) is 4.98 Å². The number of nitrogens with one attached hydrogen (secondary N) is 1. The second-order valence-electron chi connectivity index (χ2n) is 6.52. The molecular weight excluding hydrogens is 430 g/mol. The normalized spacial score (nSPS) is 10.8. The van der Waals surface area contributed by atoms with Gasteiger partial charge in [0.05, 0.1) is 24.1 Å². The van der Waals surface area contributed by atoms with E-state index in [0.29, 0.717) is 25.3 Å². The van der Waals surface area contributed by atoms with E-state index >= 15 is 0 Å². The maximum absolute atomic E-state index is 12.5. The van der Waals surface area contributed by atoms with Crippen molar-refractivity contribution in [2.45, 2.75) is 13.1 Å². The summed E-state index contributed by atoms with van der Waals surface area (Å²) in [5.74, 6) is 1.50. The standard InChI is InChI=1S/C23H20BrN3O2/c24-18-8-6-7-17(15-18)23(28)25-16-22-26-20-11-4-5-12-21(20)27(22)13-14-29-19-9-2-1-3-10-19/h1-12,15H,13-14,16H2,(H,25,28). The first-order valence-electron chi connectivity index (χ1n) is 9.36. The molecule has 0 saturated carbocycles. The van der Waals surface area contributed by atoms with Crippen molar-refractivity contribution in [3.05, 3.63) is 94.7 Å². The van der Waals surface area contributed by atoms with E-state index in [4.69, 9.17) is 9.72 Å². The van der Waals surface area contributed by atoms with Crippen LogP contribution in [0.15, 0.2) is 83.3 Å². The maximum atomic E-state index is 12.5. The highest BCUT2D eigenvalue weighted by Crippen LogP contribution is 2.17. The fraction of sp³-hybridized carbons (Fsp3) is 0.130. The number of imidazole rings is 1. The summed E-state index contributed by atoms with van der Waals surface area (Å²) in [6.07, 6.45) is 0. The Morgan fingerprint density at radius 3 is 2.62 bits per heavy atom. The molecule has 1 aromatic heterocycles. The highest BCUT2D eigenvalue weighted by Gasteiger charge is 2.13. The number of benzene rings is 3. The molecule has 1 heterocycles. The van der Waals surface area contributed by atoms with Crippen molar-refractivity contribution in [1.82, 2.24) is 14.9 Å². The third-order valence-corrected chi connectivity index (χ3v) is 5.05. The van der Waals surface area contributed by atoms with E-state index in [1.165, 1.54) is 0 Å². The van der Waals surface area contributed by atoms with Gasteiger partial charge in [-0.15, -0.1) is 0 Å². The highest BCUT2D eigenvalue weighted by atomic mass is 79.9. The zero-order valence-corrected chi connectivity index (χ0v) is 17.3. The molecule has 0 radical (unpaired) electrons. The van der Waals surface area contributed by atoms with E-state index in [9.17, 15) is 4.79 Å². The summed E-state index contributed by atoms with van der Waals surface area (Å²) in [4.78, 5) is 17.2. The number of carbonyl (C=O) groups is 1. The van der Waals surface area contributed by atoms with Crippen molar-refractivity contribution >= 4 is 32.9 Å². The van der Waals surface area contributed by atoms with E-state index in [1.807, 2.05) is 66.7 Å². The average Bonchev–Trinajstić information content (AvgIpc) is 3.10. The van der Waals surface area contributed by atoms with Gasteiger partial charge in [0.2, 0.25) is 0 Å². The first kappa shape index (κ1) is 19.2. The van der Waals surface area contributed by atoms with Crippen LogP contribution in [0.1, 0.15) is 16.2 Å². The van der Waals surface area contributed by atoms with Crippen molar-refractivity contribution in [2.75, 3.05) is 6.61 Å². The third-order valence-electron chi connectivity index (χ3n) is 4.55. The van der Waals surface area contributed by atoms with Gasteiger partial charge in [-0.05, 0) is 42.5 Å². The number of para-hydroxylation sites is 3. The molecule has 0 atom stereocenters. The van der Waals surface area contributed by atoms with Gasteiger partial charge >= 0.3 is 0 Å². The topological polar surface area (TPSA) is 56.2 Å². The number of nitrogens with zero attached hydrogens (tertiary/aromatic N) is 2. The molecule has 0 fully saturated rings. The van der Waals surface area contributed by atoms with Crippen molar-refractivity contribution in [1.29, 1.82) is 0 Å². The molecule has 29 heavy (non-hydrogen) atoms. The van der Waals surface area contributed by atoms with E-state index in [2.05, 4.69) is 25.8 Å². The zero-order chi connectivity index (χ0) is 20.1. The molecule has 4 aromatic rings. The number of hydrogen-bond acceptors (Lipinski definition) is 3. The average molecular weight is 450 g/mol. The number of hydrogen-bond donors (Lipinski definition) is 1. The van der Waals surface area contributed by atoms with E-state index < -0.39 is 0 Å².